The van der Waals surface area contributed by atoms with Gasteiger partial charge in [0.2, 0.25) is 0 Å². The number of aryl methyl sites for hydroxylation is 1. The van der Waals surface area contributed by atoms with Gasteiger partial charge in [-0.15, -0.1) is 0 Å². The van der Waals surface area contributed by atoms with Crippen LogP contribution >= 0.6 is 0 Å². The number of aliphatic hydroxyl groups excluding tert-OH is 1. The zero-order valence-electron chi connectivity index (χ0n) is 8.95. The Bertz CT molecular complexity index is 336. The van der Waals surface area contributed by atoms with Crippen LogP contribution in [-0.2, 0) is 0 Å². The molecule has 2 atom stereocenters. The number of aliphatic hydroxyl groups is 1. The van der Waals surface area contributed by atoms with Crippen LogP contribution in [0.5, 0.6) is 0 Å². The highest BCUT2D eigenvalue weighted by molar-refractivity contribution is 5.57. The number of nitrogens with two attached hydrogens (primary N) is 1. The minimum Gasteiger partial charge on any atom is -0.391 e. The second-order valence-corrected chi connectivity index (χ2v) is 4.19. The monoisotopic (exact) mass is 210 g/mol. The molecule has 0 spiro atoms. The molecule has 5 N–H and O–H groups in total. The summed E-state index contributed by atoms with van der Waals surface area (Å²) in [4.78, 5) is 7.17. The van der Waals surface area contributed by atoms with Crippen LogP contribution in [0.2, 0.25) is 0 Å². The molecular weight excluding hydrogens is 192 g/mol. The van der Waals surface area contributed by atoms with E-state index >= 15 is 0 Å². The molecular formula is C10H18N4O. The third-order valence-electron chi connectivity index (χ3n) is 2.90. The lowest BCUT2D eigenvalue weighted by Gasteiger charge is -2.28. The van der Waals surface area contributed by atoms with Gasteiger partial charge in [0.25, 0.3) is 0 Å². The molecule has 1 saturated carbocycles. The second kappa shape index (κ2) is 4.10. The highest BCUT2D eigenvalue weighted by Crippen LogP contribution is 2.23. The number of aromatic amines is 1. The maximum absolute atomic E-state index is 9.79. The number of hydrogen-bond donors (Lipinski definition) is 4. The lowest BCUT2D eigenvalue weighted by atomic mass is 9.93. The van der Waals surface area contributed by atoms with Gasteiger partial charge >= 0.3 is 0 Å². The number of imidazole rings is 1. The minimum atomic E-state index is -0.282. The van der Waals surface area contributed by atoms with Gasteiger partial charge in [0.05, 0.1) is 12.1 Å². The van der Waals surface area contributed by atoms with Crippen LogP contribution in [0.1, 0.15) is 31.5 Å². The Morgan fingerprint density at radius 3 is 2.80 bits per heavy atom. The summed E-state index contributed by atoms with van der Waals surface area (Å²) in [7, 11) is 0. The van der Waals surface area contributed by atoms with Crippen LogP contribution in [0.15, 0.2) is 0 Å². The first-order valence-electron chi connectivity index (χ1n) is 5.43. The molecule has 1 aliphatic rings. The molecule has 15 heavy (non-hydrogen) atoms. The lowest BCUT2D eigenvalue weighted by molar-refractivity contribution is 0.116. The molecule has 1 aliphatic carbocycles. The number of nitrogens with zero attached hydrogens (tertiary/aromatic N) is 1. The Morgan fingerprint density at radius 1 is 1.47 bits per heavy atom. The first-order valence-corrected chi connectivity index (χ1v) is 5.43. The van der Waals surface area contributed by atoms with Crippen molar-refractivity contribution in [2.75, 3.05) is 11.1 Å². The Labute approximate surface area is 89.1 Å². The summed E-state index contributed by atoms with van der Waals surface area (Å²) in [5.41, 5.74) is 5.74. The zero-order chi connectivity index (χ0) is 10.8. The van der Waals surface area contributed by atoms with E-state index in [-0.39, 0.29) is 12.1 Å². The number of aromatic nitrogens is 2. The van der Waals surface area contributed by atoms with Crippen LogP contribution in [0.3, 0.4) is 0 Å². The largest absolute Gasteiger partial charge is 0.391 e. The van der Waals surface area contributed by atoms with Crippen molar-refractivity contribution in [2.24, 2.45) is 0 Å². The van der Waals surface area contributed by atoms with Gasteiger partial charge in [-0.2, -0.15) is 0 Å². The van der Waals surface area contributed by atoms with Crippen molar-refractivity contribution in [2.45, 2.75) is 44.8 Å². The van der Waals surface area contributed by atoms with Crippen LogP contribution < -0.4 is 11.1 Å². The zero-order valence-corrected chi connectivity index (χ0v) is 8.95. The smallest absolute Gasteiger partial charge is 0.169 e. The number of anilines is 2. The van der Waals surface area contributed by atoms with Crippen molar-refractivity contribution in [1.82, 2.24) is 9.97 Å². The predicted molar refractivity (Wildman–Crippen MR) is 59.6 cm³/mol. The molecule has 0 saturated heterocycles. The first kappa shape index (κ1) is 10.3. The van der Waals surface area contributed by atoms with Gasteiger partial charge in [0, 0.05) is 0 Å². The Kier molecular flexibility index (Phi) is 2.81. The van der Waals surface area contributed by atoms with Crippen LogP contribution in [0.25, 0.3) is 0 Å². The van der Waals surface area contributed by atoms with E-state index in [2.05, 4.69) is 15.3 Å². The fraction of sp³-hybridized carbons (Fsp3) is 0.700. The molecule has 5 heteroatoms. The number of hydrogen-bond acceptors (Lipinski definition) is 4. The summed E-state index contributed by atoms with van der Waals surface area (Å²) < 4.78 is 0. The molecule has 0 aliphatic heterocycles. The Morgan fingerprint density at radius 2 is 2.20 bits per heavy atom. The molecule has 0 bridgehead atoms. The van der Waals surface area contributed by atoms with Crippen molar-refractivity contribution in [3.05, 3.63) is 5.82 Å². The topological polar surface area (TPSA) is 87.0 Å². The van der Waals surface area contributed by atoms with E-state index in [0.29, 0.717) is 11.6 Å². The van der Waals surface area contributed by atoms with Gasteiger partial charge in [-0.25, -0.2) is 4.98 Å². The number of H-pyrrole nitrogens is 1. The molecule has 5 nitrogen and oxygen atoms in total. The lowest BCUT2D eigenvalue weighted by Crippen LogP contribution is -2.36. The minimum absolute atomic E-state index is 0.0868. The summed E-state index contributed by atoms with van der Waals surface area (Å²) in [6, 6.07) is 0.0868. The van der Waals surface area contributed by atoms with E-state index in [4.69, 9.17) is 5.73 Å². The summed E-state index contributed by atoms with van der Waals surface area (Å²) in [5, 5.41) is 13.0. The van der Waals surface area contributed by atoms with Crippen molar-refractivity contribution in [3.63, 3.8) is 0 Å². The van der Waals surface area contributed by atoms with Crippen LogP contribution in [-0.4, -0.2) is 27.2 Å². The molecule has 1 fully saturated rings. The molecule has 1 aromatic heterocycles. The molecule has 2 unspecified atom stereocenters. The third kappa shape index (κ3) is 2.23. The molecule has 1 heterocycles. The predicted octanol–water partition coefficient (Wildman–Crippen LogP) is 1.02. The number of nitrogens with one attached hydrogen (secondary N) is 2. The van der Waals surface area contributed by atoms with Crippen molar-refractivity contribution >= 4 is 11.6 Å². The molecule has 0 aromatic carbocycles. The van der Waals surface area contributed by atoms with Gasteiger partial charge in [-0.3, -0.25) is 0 Å². The molecule has 0 amide bonds. The van der Waals surface area contributed by atoms with Crippen molar-refractivity contribution in [1.29, 1.82) is 0 Å². The molecule has 1 aromatic rings. The summed E-state index contributed by atoms with van der Waals surface area (Å²) >= 11 is 0. The second-order valence-electron chi connectivity index (χ2n) is 4.19. The van der Waals surface area contributed by atoms with E-state index in [0.717, 1.165) is 31.5 Å². The highest BCUT2D eigenvalue weighted by atomic mass is 16.3. The highest BCUT2D eigenvalue weighted by Gasteiger charge is 2.24. The average molecular weight is 210 g/mol. The Hall–Kier alpha value is -1.23. The average Bonchev–Trinajstić information content (AvgIpc) is 2.49. The van der Waals surface area contributed by atoms with E-state index < -0.39 is 0 Å². The maximum atomic E-state index is 9.79. The SMILES string of the molecule is Cc1nc(NC2CCCCC2O)c(N)[nH]1. The first-order chi connectivity index (χ1) is 7.16. The number of rotatable bonds is 2. The van der Waals surface area contributed by atoms with Gasteiger partial charge < -0.3 is 21.1 Å². The molecule has 2 rings (SSSR count). The molecule has 0 radical (unpaired) electrons. The van der Waals surface area contributed by atoms with Crippen molar-refractivity contribution in [3.8, 4) is 0 Å². The van der Waals surface area contributed by atoms with Gasteiger partial charge in [0.15, 0.2) is 5.82 Å². The van der Waals surface area contributed by atoms with Crippen LogP contribution in [0.4, 0.5) is 11.6 Å². The standard InChI is InChI=1S/C10H18N4O/c1-6-12-9(11)10(13-6)14-7-4-2-3-5-8(7)15/h7-8,14-15H,2-5,11H2,1H3,(H,12,13). The molecule has 84 valence electrons. The Balaban J connectivity index is 2.04. The summed E-state index contributed by atoms with van der Waals surface area (Å²) in [6.07, 6.45) is 3.81. The van der Waals surface area contributed by atoms with E-state index in [1.54, 1.807) is 0 Å². The van der Waals surface area contributed by atoms with Gasteiger partial charge in [-0.1, -0.05) is 12.8 Å². The van der Waals surface area contributed by atoms with Gasteiger partial charge in [0.1, 0.15) is 11.6 Å². The normalized spacial score (nSPS) is 26.5. The summed E-state index contributed by atoms with van der Waals surface area (Å²) in [5.74, 6) is 2.00. The van der Waals surface area contributed by atoms with Crippen LogP contribution in [0, 0.1) is 6.92 Å². The third-order valence-corrected chi connectivity index (χ3v) is 2.90. The van der Waals surface area contributed by atoms with Gasteiger partial charge in [-0.05, 0) is 19.8 Å². The quantitative estimate of drug-likeness (QED) is 0.587. The maximum Gasteiger partial charge on any atom is 0.169 e. The van der Waals surface area contributed by atoms with E-state index in [1.807, 2.05) is 6.92 Å². The summed E-state index contributed by atoms with van der Waals surface area (Å²) in [6.45, 7) is 1.86. The van der Waals surface area contributed by atoms with E-state index in [9.17, 15) is 5.11 Å². The fourth-order valence-electron chi connectivity index (χ4n) is 2.08. The van der Waals surface area contributed by atoms with E-state index in [1.165, 1.54) is 0 Å². The number of nitrogen functional groups attached to an aromatic ring is 1. The van der Waals surface area contributed by atoms with Crippen molar-refractivity contribution < 1.29 is 5.11 Å². The fourth-order valence-corrected chi connectivity index (χ4v) is 2.08.